The number of fused-ring (bicyclic) bond motifs is 1. The van der Waals surface area contributed by atoms with E-state index >= 15 is 0 Å². The Kier molecular flexibility index (Phi) is 5.00. The number of anilines is 1. The fourth-order valence-electron chi connectivity index (χ4n) is 3.08. The highest BCUT2D eigenvalue weighted by molar-refractivity contribution is 6.05. The lowest BCUT2D eigenvalue weighted by Crippen LogP contribution is -2.58. The molecule has 1 aliphatic heterocycles. The van der Waals surface area contributed by atoms with Crippen LogP contribution in [-0.4, -0.2) is 38.5 Å². The number of nitro groups is 1. The quantitative estimate of drug-likeness (QED) is 0.599. The summed E-state index contributed by atoms with van der Waals surface area (Å²) in [5.74, 6) is -2.36. The lowest BCUT2D eigenvalue weighted by atomic mass is 9.99. The summed E-state index contributed by atoms with van der Waals surface area (Å²) in [7, 11) is 0. The van der Waals surface area contributed by atoms with Crippen molar-refractivity contribution in [2.75, 3.05) is 4.90 Å². The van der Waals surface area contributed by atoms with Gasteiger partial charge in [0.05, 0.1) is 0 Å². The van der Waals surface area contributed by atoms with E-state index < -0.39 is 34.3 Å². The van der Waals surface area contributed by atoms with E-state index in [1.165, 1.54) is 19.9 Å². The van der Waals surface area contributed by atoms with Crippen LogP contribution in [0.5, 0.6) is 5.75 Å². The van der Waals surface area contributed by atoms with Gasteiger partial charge in [0.2, 0.25) is 0 Å². The molecule has 1 amide bonds. The fourth-order valence-corrected chi connectivity index (χ4v) is 3.08. The van der Waals surface area contributed by atoms with Gasteiger partial charge < -0.3 is 20.0 Å². The van der Waals surface area contributed by atoms with E-state index in [9.17, 15) is 24.8 Å². The molecule has 0 spiro atoms. The van der Waals surface area contributed by atoms with Crippen molar-refractivity contribution in [2.45, 2.75) is 38.3 Å². The number of ether oxygens (including phenoxy) is 1. The van der Waals surface area contributed by atoms with Crippen LogP contribution in [0.25, 0.3) is 0 Å². The smallest absolute Gasteiger partial charge is 0.366 e. The summed E-state index contributed by atoms with van der Waals surface area (Å²) in [5, 5.41) is 20.9. The highest BCUT2D eigenvalue weighted by atomic mass is 16.6. The molecule has 28 heavy (non-hydrogen) atoms. The molecule has 1 unspecified atom stereocenters. The van der Waals surface area contributed by atoms with E-state index in [1.54, 1.807) is 0 Å². The lowest BCUT2D eigenvalue weighted by molar-refractivity contribution is -0.389. The molecule has 2 heterocycles. The first-order valence-corrected chi connectivity index (χ1v) is 8.65. The van der Waals surface area contributed by atoms with Gasteiger partial charge in [-0.25, -0.2) is 4.79 Å². The average Bonchev–Trinajstić information content (AvgIpc) is 2.64. The maximum Gasteiger partial charge on any atom is 0.366 e. The van der Waals surface area contributed by atoms with Gasteiger partial charge in [0.25, 0.3) is 11.7 Å². The zero-order chi connectivity index (χ0) is 20.5. The number of aliphatic carboxylic acids is 1. The maximum atomic E-state index is 13.0. The Morgan fingerprint density at radius 1 is 1.29 bits per heavy atom. The number of amides is 1. The highest BCUT2D eigenvalue weighted by Crippen LogP contribution is 2.39. The highest BCUT2D eigenvalue weighted by Gasteiger charge is 2.48. The molecule has 0 fully saturated rings. The molecule has 3 rings (SSSR count). The Labute approximate surface area is 160 Å². The SMILES string of the molecule is CC1(C)Oc2ccc([N+](=O)[O-])nc2N(C(CCc2ccccc2)C(=O)O)C1=O. The molecule has 0 saturated carbocycles. The zero-order valence-electron chi connectivity index (χ0n) is 15.4. The molecule has 1 aromatic heterocycles. The topological polar surface area (TPSA) is 123 Å². The lowest BCUT2D eigenvalue weighted by Gasteiger charge is -2.38. The van der Waals surface area contributed by atoms with Crippen LogP contribution >= 0.6 is 0 Å². The number of carbonyl (C=O) groups is 2. The zero-order valence-corrected chi connectivity index (χ0v) is 15.4. The average molecular weight is 385 g/mol. The molecule has 1 aromatic carbocycles. The van der Waals surface area contributed by atoms with Crippen molar-refractivity contribution in [1.29, 1.82) is 0 Å². The van der Waals surface area contributed by atoms with Gasteiger partial charge in [-0.2, -0.15) is 0 Å². The predicted molar refractivity (Wildman–Crippen MR) is 99.3 cm³/mol. The van der Waals surface area contributed by atoms with Crippen LogP contribution in [0.4, 0.5) is 11.6 Å². The maximum absolute atomic E-state index is 13.0. The van der Waals surface area contributed by atoms with Gasteiger partial charge in [0.1, 0.15) is 6.04 Å². The summed E-state index contributed by atoms with van der Waals surface area (Å²) in [4.78, 5) is 40.3. The van der Waals surface area contributed by atoms with E-state index in [2.05, 4.69) is 4.98 Å². The van der Waals surface area contributed by atoms with E-state index in [0.717, 1.165) is 16.5 Å². The third-order valence-corrected chi connectivity index (χ3v) is 4.48. The molecule has 0 saturated heterocycles. The number of benzene rings is 1. The van der Waals surface area contributed by atoms with Crippen LogP contribution in [0.2, 0.25) is 0 Å². The minimum Gasteiger partial charge on any atom is -0.480 e. The number of aryl methyl sites for hydroxylation is 1. The number of rotatable bonds is 6. The number of carboxylic acids is 1. The fraction of sp³-hybridized carbons (Fsp3) is 0.316. The number of aromatic nitrogens is 1. The van der Waals surface area contributed by atoms with Gasteiger partial charge in [-0.15, -0.1) is 0 Å². The Balaban J connectivity index is 2.02. The molecular weight excluding hydrogens is 366 g/mol. The monoisotopic (exact) mass is 385 g/mol. The minimum atomic E-state index is -1.33. The summed E-state index contributed by atoms with van der Waals surface area (Å²) >= 11 is 0. The third-order valence-electron chi connectivity index (χ3n) is 4.48. The largest absolute Gasteiger partial charge is 0.480 e. The van der Waals surface area contributed by atoms with Crippen molar-refractivity contribution in [1.82, 2.24) is 4.98 Å². The Hall–Kier alpha value is -3.49. The van der Waals surface area contributed by atoms with E-state index in [4.69, 9.17) is 4.74 Å². The van der Waals surface area contributed by atoms with Crippen LogP contribution in [0.1, 0.15) is 25.8 Å². The van der Waals surface area contributed by atoms with Crippen molar-refractivity contribution in [3.05, 3.63) is 58.1 Å². The molecule has 9 heteroatoms. The molecule has 0 aliphatic carbocycles. The predicted octanol–water partition coefficient (Wildman–Crippen LogP) is 2.58. The van der Waals surface area contributed by atoms with Crippen LogP contribution < -0.4 is 9.64 Å². The van der Waals surface area contributed by atoms with Crippen LogP contribution in [0.15, 0.2) is 42.5 Å². The van der Waals surface area contributed by atoms with Crippen molar-refractivity contribution < 1.29 is 24.4 Å². The van der Waals surface area contributed by atoms with Crippen molar-refractivity contribution in [3.63, 3.8) is 0 Å². The van der Waals surface area contributed by atoms with Crippen LogP contribution in [0, 0.1) is 10.1 Å². The second-order valence-electron chi connectivity index (χ2n) is 6.91. The van der Waals surface area contributed by atoms with Gasteiger partial charge >= 0.3 is 11.8 Å². The first-order valence-electron chi connectivity index (χ1n) is 8.65. The van der Waals surface area contributed by atoms with Crippen LogP contribution in [-0.2, 0) is 16.0 Å². The number of nitrogens with zero attached hydrogens (tertiary/aromatic N) is 3. The summed E-state index contributed by atoms with van der Waals surface area (Å²) < 4.78 is 5.62. The molecule has 1 atom stereocenters. The number of carboxylic acid groups (broad SMARTS) is 1. The Morgan fingerprint density at radius 2 is 1.96 bits per heavy atom. The summed E-state index contributed by atoms with van der Waals surface area (Å²) in [5.41, 5.74) is -0.411. The van der Waals surface area contributed by atoms with Crippen LogP contribution in [0.3, 0.4) is 0 Å². The molecule has 146 valence electrons. The molecule has 0 radical (unpaired) electrons. The van der Waals surface area contributed by atoms with Crippen molar-refractivity contribution in [3.8, 4) is 5.75 Å². The first kappa shape index (κ1) is 19.3. The van der Waals surface area contributed by atoms with E-state index in [-0.39, 0.29) is 18.0 Å². The normalized spacial score (nSPS) is 16.1. The number of pyridine rings is 1. The molecule has 1 aliphatic rings. The number of hydrogen-bond acceptors (Lipinski definition) is 6. The second-order valence-corrected chi connectivity index (χ2v) is 6.91. The van der Waals surface area contributed by atoms with Crippen molar-refractivity contribution >= 4 is 23.5 Å². The van der Waals surface area contributed by atoms with Gasteiger partial charge in [0.15, 0.2) is 11.4 Å². The summed E-state index contributed by atoms with van der Waals surface area (Å²) in [6.07, 6.45) is 0.526. The summed E-state index contributed by atoms with van der Waals surface area (Å²) in [6.45, 7) is 3.03. The minimum absolute atomic E-state index is 0.116. The molecule has 9 nitrogen and oxygen atoms in total. The van der Waals surface area contributed by atoms with Gasteiger partial charge in [0, 0.05) is 6.07 Å². The van der Waals surface area contributed by atoms with E-state index in [0.29, 0.717) is 6.42 Å². The number of hydrogen-bond donors (Lipinski definition) is 1. The Morgan fingerprint density at radius 3 is 2.57 bits per heavy atom. The summed E-state index contributed by atoms with van der Waals surface area (Å²) in [6, 6.07) is 10.5. The molecule has 0 bridgehead atoms. The molecule has 2 aromatic rings. The Bertz CT molecular complexity index is 929. The van der Waals surface area contributed by atoms with Gasteiger partial charge in [-0.05, 0) is 48.2 Å². The van der Waals surface area contributed by atoms with Crippen molar-refractivity contribution in [2.24, 2.45) is 0 Å². The van der Waals surface area contributed by atoms with E-state index in [1.807, 2.05) is 30.3 Å². The van der Waals surface area contributed by atoms with Gasteiger partial charge in [-0.1, -0.05) is 30.3 Å². The molecule has 1 N–H and O–H groups in total. The first-order chi connectivity index (χ1) is 13.2. The standard InChI is InChI=1S/C19H19N3O6/c1-19(2)18(25)21(16-14(28-19)10-11-15(20-16)22(26)27)13(17(23)24)9-8-12-6-4-3-5-7-12/h3-7,10-11,13H,8-9H2,1-2H3,(H,23,24). The van der Waals surface area contributed by atoms with Gasteiger partial charge in [-0.3, -0.25) is 9.69 Å². The second kappa shape index (κ2) is 7.26. The number of carbonyl (C=O) groups excluding carboxylic acids is 1. The molecular formula is C19H19N3O6. The third kappa shape index (κ3) is 3.64.